The van der Waals surface area contributed by atoms with Crippen LogP contribution in [0.25, 0.3) is 0 Å². The minimum Gasteiger partial charge on any atom is -0.548 e. The Morgan fingerprint density at radius 2 is 1.92 bits per heavy atom. The number of carboxylic acid groups (broad SMARTS) is 1. The maximum absolute atomic E-state index is 12.6. The summed E-state index contributed by atoms with van der Waals surface area (Å²) in [4.78, 5) is 37.2. The maximum Gasteiger partial charge on any atom is 0.283 e. The summed E-state index contributed by atoms with van der Waals surface area (Å²) in [5.41, 5.74) is 4.49. The third kappa shape index (κ3) is 2.54. The number of rotatable bonds is 4. The third-order valence-electron chi connectivity index (χ3n) is 4.79. The van der Waals surface area contributed by atoms with Gasteiger partial charge in [-0.05, 0) is 13.8 Å². The molecule has 25 heavy (non-hydrogen) atoms. The van der Waals surface area contributed by atoms with Gasteiger partial charge in [0.2, 0.25) is 5.91 Å². The Morgan fingerprint density at radius 3 is 2.48 bits per heavy atom. The summed E-state index contributed by atoms with van der Waals surface area (Å²) in [5.74, 6) is -2.49. The van der Waals surface area contributed by atoms with Gasteiger partial charge in [-0.25, -0.2) is 0 Å². The second-order valence-electron chi connectivity index (χ2n) is 6.71. The summed E-state index contributed by atoms with van der Waals surface area (Å²) in [5, 5.41) is 13.1. The lowest BCUT2D eigenvalue weighted by Crippen LogP contribution is -2.74. The molecular weight excluding hydrogens is 346 g/mol. The second-order valence-corrected chi connectivity index (χ2v) is 8.84. The van der Waals surface area contributed by atoms with Gasteiger partial charge in [0.05, 0.1) is 27.6 Å². The van der Waals surface area contributed by atoms with E-state index in [4.69, 9.17) is 0 Å². The van der Waals surface area contributed by atoms with Crippen molar-refractivity contribution >= 4 is 28.6 Å². The number of aliphatic carboxylic acids is 1. The van der Waals surface area contributed by atoms with Crippen molar-refractivity contribution in [3.05, 3.63) is 35.9 Å². The van der Waals surface area contributed by atoms with Crippen LogP contribution in [0.15, 0.2) is 30.3 Å². The van der Waals surface area contributed by atoms with Crippen LogP contribution >= 0.6 is 0 Å². The summed E-state index contributed by atoms with van der Waals surface area (Å²) >= 11 is 0. The lowest BCUT2D eigenvalue weighted by atomic mass is 9.95. The molecule has 2 saturated heterocycles. The van der Waals surface area contributed by atoms with Crippen molar-refractivity contribution in [2.45, 2.75) is 42.1 Å². The number of β-lactam (4-membered cyclic amide) rings is 1. The molecule has 134 valence electrons. The van der Waals surface area contributed by atoms with Gasteiger partial charge in [0, 0.05) is 5.56 Å². The lowest BCUT2D eigenvalue weighted by Gasteiger charge is -2.44. The van der Waals surface area contributed by atoms with Crippen LogP contribution in [0.2, 0.25) is 0 Å². The van der Waals surface area contributed by atoms with Crippen molar-refractivity contribution in [3.63, 3.8) is 0 Å². The fraction of sp³-hybridized carbons (Fsp3) is 0.438. The zero-order valence-corrected chi connectivity index (χ0v) is 14.6. The van der Waals surface area contributed by atoms with E-state index in [1.807, 2.05) is 6.07 Å². The molecule has 0 bridgehead atoms. The van der Waals surface area contributed by atoms with E-state index in [1.165, 1.54) is 13.8 Å². The maximum atomic E-state index is 12.6. The molecule has 3 rings (SSSR count). The molecule has 1 aromatic carbocycles. The minimum absolute atomic E-state index is 0.476. The molecule has 9 heteroatoms. The van der Waals surface area contributed by atoms with Crippen LogP contribution in [0.4, 0.5) is 0 Å². The average Bonchev–Trinajstić information content (AvgIpc) is 2.77. The Labute approximate surface area is 146 Å². The molecule has 1 aromatic rings. The summed E-state index contributed by atoms with van der Waals surface area (Å²) in [6.07, 6.45) is 0. The number of carbonyl (C=O) groups is 3. The van der Waals surface area contributed by atoms with Crippen molar-refractivity contribution in [1.29, 1.82) is 0 Å². The van der Waals surface area contributed by atoms with Gasteiger partial charge < -0.3 is 25.9 Å². The van der Waals surface area contributed by atoms with E-state index >= 15 is 0 Å². The van der Waals surface area contributed by atoms with Crippen LogP contribution in [0.5, 0.6) is 0 Å². The highest BCUT2D eigenvalue weighted by Gasteiger charge is 2.66. The van der Waals surface area contributed by atoms with Crippen molar-refractivity contribution in [1.82, 2.24) is 10.2 Å². The van der Waals surface area contributed by atoms with Gasteiger partial charge in [-0.1, -0.05) is 30.3 Å². The first-order valence-corrected chi connectivity index (χ1v) is 9.01. The number of fused-ring (bicyclic) bond motifs is 1. The van der Waals surface area contributed by atoms with Crippen molar-refractivity contribution < 1.29 is 29.4 Å². The van der Waals surface area contributed by atoms with E-state index in [1.54, 1.807) is 24.3 Å². The van der Waals surface area contributed by atoms with E-state index < -0.39 is 56.8 Å². The third-order valence-corrected chi connectivity index (χ3v) is 6.99. The summed E-state index contributed by atoms with van der Waals surface area (Å²) in [7, 11) is -1.65. The first-order valence-electron chi connectivity index (χ1n) is 7.80. The van der Waals surface area contributed by atoms with Crippen molar-refractivity contribution in [3.8, 4) is 0 Å². The topological polar surface area (TPSA) is 134 Å². The van der Waals surface area contributed by atoms with Crippen LogP contribution in [-0.4, -0.2) is 49.1 Å². The highest BCUT2D eigenvalue weighted by molar-refractivity contribution is 7.87. The Hall–Kier alpha value is -2.26. The molecule has 0 unspecified atom stereocenters. The first kappa shape index (κ1) is 17.6. The van der Waals surface area contributed by atoms with Crippen LogP contribution in [0.3, 0.4) is 0 Å². The van der Waals surface area contributed by atoms with Crippen LogP contribution in [0, 0.1) is 0 Å². The van der Waals surface area contributed by atoms with E-state index in [9.17, 15) is 23.7 Å². The van der Waals surface area contributed by atoms with E-state index in [-0.39, 0.29) is 0 Å². The molecule has 2 aliphatic rings. The summed E-state index contributed by atoms with van der Waals surface area (Å²) in [6, 6.07) is 5.83. The number of carboxylic acids is 1. The first-order chi connectivity index (χ1) is 11.7. The largest absolute Gasteiger partial charge is 0.548 e. The number of benzene rings is 1. The molecule has 0 saturated carbocycles. The predicted molar refractivity (Wildman–Crippen MR) is 85.7 cm³/mol. The van der Waals surface area contributed by atoms with Gasteiger partial charge in [-0.15, -0.1) is 0 Å². The fourth-order valence-corrected chi connectivity index (χ4v) is 5.28. The molecule has 2 aliphatic heterocycles. The highest BCUT2D eigenvalue weighted by atomic mass is 32.2. The van der Waals surface area contributed by atoms with Gasteiger partial charge in [0.15, 0.2) is 6.04 Å². The number of quaternary nitrogens is 1. The van der Waals surface area contributed by atoms with Gasteiger partial charge in [0.25, 0.3) is 5.91 Å². The fourth-order valence-electron chi connectivity index (χ4n) is 3.36. The molecule has 2 heterocycles. The predicted octanol–water partition coefficient (Wildman–Crippen LogP) is -2.72. The summed E-state index contributed by atoms with van der Waals surface area (Å²) in [6.45, 7) is 3.03. The quantitative estimate of drug-likeness (QED) is 0.559. The number of carbonyl (C=O) groups excluding carboxylic acids is 3. The SMILES string of the molecule is CC1(C)[C@H](C(=O)[O-])N2C(=O)[C@@H](NC(=O)[C@H]([NH3+])c3ccccc3)[C@@H]2[S@]1=O. The number of amides is 2. The standard InChI is InChI=1S/C16H19N3O5S/c1-16(2)11(15(22)23)19-13(21)10(14(19)25(16)24)18-12(20)9(17)8-6-4-3-5-7-8/h3-7,9-11,14H,17H2,1-2H3,(H,18,20)(H,22,23)/t9-,10-,11+,14+,25-/m1/s1. The Bertz CT molecular complexity index is 766. The molecule has 0 aliphatic carbocycles. The number of hydrogen-bond acceptors (Lipinski definition) is 5. The second kappa shape index (κ2) is 5.92. The molecule has 5 atom stereocenters. The van der Waals surface area contributed by atoms with Crippen molar-refractivity contribution in [2.75, 3.05) is 0 Å². The van der Waals surface area contributed by atoms with Crippen molar-refractivity contribution in [2.24, 2.45) is 0 Å². The van der Waals surface area contributed by atoms with Crippen LogP contribution in [-0.2, 0) is 25.2 Å². The van der Waals surface area contributed by atoms with Gasteiger partial charge in [0.1, 0.15) is 11.4 Å². The molecule has 2 fully saturated rings. The summed E-state index contributed by atoms with van der Waals surface area (Å²) < 4.78 is 11.5. The molecule has 4 N–H and O–H groups in total. The number of nitrogens with zero attached hydrogens (tertiary/aromatic N) is 1. The van der Waals surface area contributed by atoms with E-state index in [0.29, 0.717) is 5.56 Å². The van der Waals surface area contributed by atoms with E-state index in [2.05, 4.69) is 11.1 Å². The van der Waals surface area contributed by atoms with Gasteiger partial charge in [-0.3, -0.25) is 13.8 Å². The molecule has 0 radical (unpaired) electrons. The van der Waals surface area contributed by atoms with Crippen LogP contribution < -0.4 is 16.2 Å². The molecule has 8 nitrogen and oxygen atoms in total. The van der Waals surface area contributed by atoms with E-state index in [0.717, 1.165) is 4.90 Å². The zero-order valence-electron chi connectivity index (χ0n) is 13.8. The Morgan fingerprint density at radius 1 is 1.32 bits per heavy atom. The monoisotopic (exact) mass is 365 g/mol. The smallest absolute Gasteiger partial charge is 0.283 e. The molecule has 0 aromatic heterocycles. The minimum atomic E-state index is -1.65. The molecule has 2 amide bonds. The van der Waals surface area contributed by atoms with Crippen LogP contribution in [0.1, 0.15) is 25.5 Å². The Balaban J connectivity index is 1.78. The highest BCUT2D eigenvalue weighted by Crippen LogP contribution is 2.43. The number of hydrogen-bond donors (Lipinski definition) is 2. The normalized spacial score (nSPS) is 31.0. The van der Waals surface area contributed by atoms with Gasteiger partial charge in [-0.2, -0.15) is 0 Å². The molecule has 0 spiro atoms. The zero-order chi connectivity index (χ0) is 18.5. The Kier molecular flexibility index (Phi) is 4.16. The number of nitrogens with one attached hydrogen (secondary N) is 1. The average molecular weight is 365 g/mol. The molecular formula is C16H19N3O5S. The lowest BCUT2D eigenvalue weighted by molar-refractivity contribution is -0.409. The van der Waals surface area contributed by atoms with Gasteiger partial charge >= 0.3 is 0 Å².